The van der Waals surface area contributed by atoms with E-state index in [-0.39, 0.29) is 25.2 Å². The summed E-state index contributed by atoms with van der Waals surface area (Å²) in [5, 5.41) is 0. The van der Waals surface area contributed by atoms with Crippen molar-refractivity contribution in [1.82, 2.24) is 0 Å². The fourth-order valence-corrected chi connectivity index (χ4v) is 6.45. The van der Waals surface area contributed by atoms with Gasteiger partial charge < -0.3 is 14.2 Å². The molecule has 64 heavy (non-hydrogen) atoms. The Morgan fingerprint density at radius 2 is 0.656 bits per heavy atom. The second-order valence-electron chi connectivity index (χ2n) is 16.3. The van der Waals surface area contributed by atoms with Crippen molar-refractivity contribution in [2.45, 2.75) is 207 Å². The molecule has 360 valence electrons. The van der Waals surface area contributed by atoms with E-state index in [0.717, 1.165) is 161 Å². The molecule has 0 rings (SSSR count). The molecule has 0 radical (unpaired) electrons. The number of carbonyl (C=O) groups is 2. The van der Waals surface area contributed by atoms with Gasteiger partial charge in [-0.1, -0.05) is 193 Å². The Balaban J connectivity index is 4.43. The number of ether oxygens (including phenoxy) is 3. The molecule has 0 aromatic rings. The van der Waals surface area contributed by atoms with E-state index in [1.807, 2.05) is 0 Å². The zero-order valence-electron chi connectivity index (χ0n) is 41.2. The van der Waals surface area contributed by atoms with Crippen LogP contribution in [-0.2, 0) is 23.8 Å². The SMILES string of the molecule is CC/C=C\C/C=C\C/C=C\C/C=C\CCCCCCC(=O)OCC(COCCCCCC/C=C\C/C=C\C/C=C\CC)OC(=O)CCCCCC/C=C\C/C=C\C/C=C\C/C=C\CC. The first-order valence-electron chi connectivity index (χ1n) is 25.7. The number of rotatable bonds is 45. The quantitative estimate of drug-likeness (QED) is 0.0346. The fraction of sp³-hybridized carbons (Fsp3) is 0.593. The summed E-state index contributed by atoms with van der Waals surface area (Å²) in [5.74, 6) is -0.476. The van der Waals surface area contributed by atoms with Crippen LogP contribution in [0.4, 0.5) is 0 Å². The van der Waals surface area contributed by atoms with Crippen LogP contribution in [0.25, 0.3) is 0 Å². The molecule has 0 aromatic heterocycles. The van der Waals surface area contributed by atoms with Crippen LogP contribution in [0, 0.1) is 0 Å². The molecular formula is C59H94O5. The molecule has 0 N–H and O–H groups in total. The van der Waals surface area contributed by atoms with Crippen LogP contribution in [0.2, 0.25) is 0 Å². The number of hydrogen-bond donors (Lipinski definition) is 0. The van der Waals surface area contributed by atoms with Gasteiger partial charge in [0.2, 0.25) is 0 Å². The van der Waals surface area contributed by atoms with Gasteiger partial charge >= 0.3 is 11.9 Å². The number of esters is 2. The van der Waals surface area contributed by atoms with Gasteiger partial charge in [-0.2, -0.15) is 0 Å². The highest BCUT2D eigenvalue weighted by Crippen LogP contribution is 2.11. The van der Waals surface area contributed by atoms with Crippen molar-refractivity contribution < 1.29 is 23.8 Å². The van der Waals surface area contributed by atoms with Crippen LogP contribution in [0.15, 0.2) is 134 Å². The highest BCUT2D eigenvalue weighted by atomic mass is 16.6. The van der Waals surface area contributed by atoms with Crippen LogP contribution in [0.1, 0.15) is 201 Å². The third kappa shape index (κ3) is 50.7. The molecular weight excluding hydrogens is 789 g/mol. The van der Waals surface area contributed by atoms with Crippen molar-refractivity contribution in [2.75, 3.05) is 19.8 Å². The Hall–Kier alpha value is -3.96. The smallest absolute Gasteiger partial charge is 0.306 e. The minimum atomic E-state index is -0.581. The van der Waals surface area contributed by atoms with Crippen molar-refractivity contribution in [3.05, 3.63) is 134 Å². The largest absolute Gasteiger partial charge is 0.462 e. The highest BCUT2D eigenvalue weighted by molar-refractivity contribution is 5.70. The highest BCUT2D eigenvalue weighted by Gasteiger charge is 2.17. The summed E-state index contributed by atoms with van der Waals surface area (Å²) in [5.41, 5.74) is 0. The first-order chi connectivity index (χ1) is 31.6. The standard InChI is InChI=1S/C59H94O5/c1-4-7-10-13-16-19-22-25-28-30-32-34-37-40-43-46-49-52-58(60)63-56-57(55-62-54-51-48-45-42-39-36-27-24-21-18-15-12-9-6-3)64-59(61)53-50-47-44-41-38-35-33-31-29-26-23-20-17-14-11-8-5-2/h7-12,16-21,25-29,32-36,57H,4-6,13-15,22-24,30-31,37-56H2,1-3H3/b10-7-,11-8-,12-9-,19-16-,20-17-,21-18-,28-25-,29-26-,34-32-,35-33-,36-27-. The van der Waals surface area contributed by atoms with Gasteiger partial charge in [-0.25, -0.2) is 0 Å². The van der Waals surface area contributed by atoms with E-state index in [1.165, 1.54) is 6.42 Å². The maximum atomic E-state index is 12.8. The Morgan fingerprint density at radius 1 is 0.344 bits per heavy atom. The molecule has 0 saturated heterocycles. The summed E-state index contributed by atoms with van der Waals surface area (Å²) < 4.78 is 17.3. The molecule has 1 unspecified atom stereocenters. The molecule has 0 fully saturated rings. The molecule has 0 aliphatic carbocycles. The summed E-state index contributed by atoms with van der Waals surface area (Å²) in [6.45, 7) is 7.36. The maximum absolute atomic E-state index is 12.8. The van der Waals surface area contributed by atoms with E-state index in [4.69, 9.17) is 14.2 Å². The second kappa shape index (κ2) is 53.4. The number of carbonyl (C=O) groups excluding carboxylic acids is 2. The average Bonchev–Trinajstić information content (AvgIpc) is 3.30. The van der Waals surface area contributed by atoms with E-state index < -0.39 is 6.10 Å². The van der Waals surface area contributed by atoms with Gasteiger partial charge in [0.1, 0.15) is 6.61 Å². The predicted molar refractivity (Wildman–Crippen MR) is 278 cm³/mol. The van der Waals surface area contributed by atoms with Gasteiger partial charge in [0.15, 0.2) is 6.10 Å². The molecule has 1 atom stereocenters. The summed E-state index contributed by atoms with van der Waals surface area (Å²) in [7, 11) is 0. The molecule has 0 amide bonds. The number of hydrogen-bond acceptors (Lipinski definition) is 5. The minimum absolute atomic E-state index is 0.0439. The average molecular weight is 883 g/mol. The van der Waals surface area contributed by atoms with Gasteiger partial charge in [-0.3, -0.25) is 9.59 Å². The van der Waals surface area contributed by atoms with E-state index in [2.05, 4.69) is 154 Å². The third-order valence-corrected chi connectivity index (χ3v) is 10.2. The van der Waals surface area contributed by atoms with Crippen LogP contribution in [-0.4, -0.2) is 37.9 Å². The first kappa shape index (κ1) is 60.0. The van der Waals surface area contributed by atoms with Crippen LogP contribution in [0.5, 0.6) is 0 Å². The molecule has 5 heteroatoms. The molecule has 0 aliphatic heterocycles. The van der Waals surface area contributed by atoms with Gasteiger partial charge in [-0.05, 0) is 128 Å². The Labute approximate surface area is 394 Å². The monoisotopic (exact) mass is 883 g/mol. The molecule has 0 spiro atoms. The number of unbranched alkanes of at least 4 members (excludes halogenated alkanes) is 12. The third-order valence-electron chi connectivity index (χ3n) is 10.2. The lowest BCUT2D eigenvalue weighted by Crippen LogP contribution is -2.30. The summed E-state index contributed by atoms with van der Waals surface area (Å²) in [6.07, 6.45) is 76.0. The molecule has 0 aromatic carbocycles. The van der Waals surface area contributed by atoms with Gasteiger partial charge in [0.05, 0.1) is 6.61 Å². The Bertz CT molecular complexity index is 1370. The zero-order chi connectivity index (χ0) is 46.3. The normalized spacial score (nSPS) is 13.4. The number of allylic oxidation sites excluding steroid dienone is 22. The fourth-order valence-electron chi connectivity index (χ4n) is 6.45. The van der Waals surface area contributed by atoms with Gasteiger partial charge in [-0.15, -0.1) is 0 Å². The van der Waals surface area contributed by atoms with Crippen LogP contribution in [0.3, 0.4) is 0 Å². The molecule has 0 aliphatic rings. The molecule has 5 nitrogen and oxygen atoms in total. The van der Waals surface area contributed by atoms with Crippen LogP contribution < -0.4 is 0 Å². The van der Waals surface area contributed by atoms with E-state index >= 15 is 0 Å². The predicted octanol–water partition coefficient (Wildman–Crippen LogP) is 17.6. The zero-order valence-corrected chi connectivity index (χ0v) is 41.2. The van der Waals surface area contributed by atoms with Crippen molar-refractivity contribution in [1.29, 1.82) is 0 Å². The van der Waals surface area contributed by atoms with Crippen molar-refractivity contribution >= 4 is 11.9 Å². The van der Waals surface area contributed by atoms with Gasteiger partial charge in [0, 0.05) is 19.4 Å². The van der Waals surface area contributed by atoms with E-state index in [9.17, 15) is 9.59 Å². The summed E-state index contributed by atoms with van der Waals surface area (Å²) >= 11 is 0. The summed E-state index contributed by atoms with van der Waals surface area (Å²) in [6, 6.07) is 0. The Morgan fingerprint density at radius 3 is 1.03 bits per heavy atom. The van der Waals surface area contributed by atoms with Crippen LogP contribution >= 0.6 is 0 Å². The van der Waals surface area contributed by atoms with Crippen molar-refractivity contribution in [3.63, 3.8) is 0 Å². The topological polar surface area (TPSA) is 61.8 Å². The first-order valence-corrected chi connectivity index (χ1v) is 25.7. The molecule has 0 heterocycles. The Kier molecular flexibility index (Phi) is 50.1. The summed E-state index contributed by atoms with van der Waals surface area (Å²) in [4.78, 5) is 25.4. The second-order valence-corrected chi connectivity index (χ2v) is 16.3. The lowest BCUT2D eigenvalue weighted by atomic mass is 10.1. The van der Waals surface area contributed by atoms with Crippen molar-refractivity contribution in [3.8, 4) is 0 Å². The van der Waals surface area contributed by atoms with E-state index in [1.54, 1.807) is 0 Å². The lowest BCUT2D eigenvalue weighted by molar-refractivity contribution is -0.163. The lowest BCUT2D eigenvalue weighted by Gasteiger charge is -2.18. The van der Waals surface area contributed by atoms with Gasteiger partial charge in [0.25, 0.3) is 0 Å². The maximum Gasteiger partial charge on any atom is 0.306 e. The van der Waals surface area contributed by atoms with E-state index in [0.29, 0.717) is 19.4 Å². The minimum Gasteiger partial charge on any atom is -0.462 e. The molecule has 0 saturated carbocycles. The molecule has 0 bridgehead atoms. The van der Waals surface area contributed by atoms with Crippen molar-refractivity contribution in [2.24, 2.45) is 0 Å².